The molecule has 2 N–H and O–H groups in total. The van der Waals surface area contributed by atoms with Crippen LogP contribution >= 0.6 is 0 Å². The van der Waals surface area contributed by atoms with E-state index in [2.05, 4.69) is 21.4 Å². The maximum absolute atomic E-state index is 5.42. The van der Waals surface area contributed by atoms with E-state index in [1.807, 2.05) is 24.4 Å². The Bertz CT molecular complexity index is 622. The normalized spacial score (nSPS) is 27.9. The third-order valence-electron chi connectivity index (χ3n) is 4.64. The monoisotopic (exact) mass is 269 g/mol. The summed E-state index contributed by atoms with van der Waals surface area (Å²) in [6.45, 7) is 0. The van der Waals surface area contributed by atoms with Crippen molar-refractivity contribution in [2.75, 3.05) is 7.11 Å². The lowest BCUT2D eigenvalue weighted by Gasteiger charge is -2.17. The van der Waals surface area contributed by atoms with Gasteiger partial charge in [-0.2, -0.15) is 0 Å². The first kappa shape index (κ1) is 12.0. The molecule has 4 rings (SSSR count). The van der Waals surface area contributed by atoms with Gasteiger partial charge in [0.1, 0.15) is 11.6 Å². The minimum atomic E-state index is 0.539. The number of para-hydroxylation sites is 1. The number of nitrogens with zero attached hydrogens (tertiary/aromatic N) is 1. The third-order valence-corrected chi connectivity index (χ3v) is 4.64. The first-order valence-corrected chi connectivity index (χ1v) is 7.29. The number of hydrogen-bond donors (Lipinski definition) is 2. The number of methoxy groups -OCH3 is 1. The Morgan fingerprint density at radius 1 is 1.25 bits per heavy atom. The van der Waals surface area contributed by atoms with E-state index in [9.17, 15) is 0 Å². The molecule has 2 saturated heterocycles. The summed E-state index contributed by atoms with van der Waals surface area (Å²) in [4.78, 5) is 8.12. The van der Waals surface area contributed by atoms with Crippen LogP contribution in [-0.2, 0) is 0 Å². The predicted octanol–water partition coefficient (Wildman–Crippen LogP) is 2.69. The van der Waals surface area contributed by atoms with Gasteiger partial charge in [0.2, 0.25) is 0 Å². The van der Waals surface area contributed by atoms with Crippen LogP contribution in [0.25, 0.3) is 11.3 Å². The fraction of sp³-hybridized carbons (Fsp3) is 0.438. The zero-order valence-corrected chi connectivity index (χ0v) is 11.6. The quantitative estimate of drug-likeness (QED) is 0.900. The van der Waals surface area contributed by atoms with Crippen molar-refractivity contribution in [1.29, 1.82) is 0 Å². The molecule has 20 heavy (non-hydrogen) atoms. The van der Waals surface area contributed by atoms with Crippen LogP contribution in [0, 0.1) is 0 Å². The Balaban J connectivity index is 1.65. The van der Waals surface area contributed by atoms with Crippen molar-refractivity contribution in [2.45, 2.75) is 37.3 Å². The molecule has 3 atom stereocenters. The van der Waals surface area contributed by atoms with E-state index < -0.39 is 0 Å². The van der Waals surface area contributed by atoms with E-state index in [0.717, 1.165) is 22.8 Å². The predicted molar refractivity (Wildman–Crippen MR) is 77.9 cm³/mol. The molecular formula is C16H19N3O. The van der Waals surface area contributed by atoms with Crippen LogP contribution in [0.4, 0.5) is 0 Å². The van der Waals surface area contributed by atoms with E-state index >= 15 is 0 Å². The summed E-state index contributed by atoms with van der Waals surface area (Å²) in [5.74, 6) is 2.54. The lowest BCUT2D eigenvalue weighted by Crippen LogP contribution is -2.22. The molecule has 4 nitrogen and oxygen atoms in total. The maximum atomic E-state index is 5.42. The topological polar surface area (TPSA) is 49.9 Å². The average Bonchev–Trinajstić information content (AvgIpc) is 3.22. The standard InChI is InChI=1S/C16H19N3O/c1-20-15-5-3-2-4-11(15)14-9-17-16(19-14)12-8-10-6-7-13(12)18-10/h2-5,9-10,12-13,18H,6-8H2,1H3,(H,17,19). The van der Waals surface area contributed by atoms with Crippen LogP contribution in [0.2, 0.25) is 0 Å². The molecule has 0 spiro atoms. The first-order chi connectivity index (χ1) is 9.85. The fourth-order valence-corrected chi connectivity index (χ4v) is 3.66. The lowest BCUT2D eigenvalue weighted by atomic mass is 9.89. The summed E-state index contributed by atoms with van der Waals surface area (Å²) in [6, 6.07) is 9.36. The SMILES string of the molecule is COc1ccccc1-c1cnc(C2CC3CCC2N3)[nH]1. The molecular weight excluding hydrogens is 250 g/mol. The fourth-order valence-electron chi connectivity index (χ4n) is 3.66. The van der Waals surface area contributed by atoms with E-state index in [0.29, 0.717) is 18.0 Å². The van der Waals surface area contributed by atoms with Crippen LogP contribution in [-0.4, -0.2) is 29.2 Å². The lowest BCUT2D eigenvalue weighted by molar-refractivity contribution is 0.416. The Labute approximate surface area is 118 Å². The molecule has 0 amide bonds. The summed E-state index contributed by atoms with van der Waals surface area (Å²) in [5, 5.41) is 3.66. The highest BCUT2D eigenvalue weighted by atomic mass is 16.5. The Hall–Kier alpha value is -1.81. The van der Waals surface area contributed by atoms with Crippen molar-refractivity contribution in [3.63, 3.8) is 0 Å². The highest BCUT2D eigenvalue weighted by Crippen LogP contribution is 2.39. The molecule has 3 heterocycles. The zero-order valence-electron chi connectivity index (χ0n) is 11.6. The van der Waals surface area contributed by atoms with Crippen molar-refractivity contribution >= 4 is 0 Å². The molecule has 2 fully saturated rings. The molecule has 2 aliphatic rings. The smallest absolute Gasteiger partial charge is 0.128 e. The number of aromatic nitrogens is 2. The largest absolute Gasteiger partial charge is 0.496 e. The number of benzene rings is 1. The number of aromatic amines is 1. The van der Waals surface area contributed by atoms with Crippen molar-refractivity contribution in [3.8, 4) is 17.0 Å². The molecule has 1 aromatic heterocycles. The van der Waals surface area contributed by atoms with Gasteiger partial charge in [0.15, 0.2) is 0 Å². The van der Waals surface area contributed by atoms with Crippen molar-refractivity contribution in [2.24, 2.45) is 0 Å². The number of imidazole rings is 1. The van der Waals surface area contributed by atoms with E-state index in [-0.39, 0.29) is 0 Å². The van der Waals surface area contributed by atoms with Gasteiger partial charge in [-0.25, -0.2) is 4.98 Å². The average molecular weight is 269 g/mol. The molecule has 3 unspecified atom stereocenters. The first-order valence-electron chi connectivity index (χ1n) is 7.29. The van der Waals surface area contributed by atoms with Gasteiger partial charge in [-0.3, -0.25) is 0 Å². The van der Waals surface area contributed by atoms with Gasteiger partial charge in [0.25, 0.3) is 0 Å². The summed E-state index contributed by atoms with van der Waals surface area (Å²) in [5.41, 5.74) is 2.12. The van der Waals surface area contributed by atoms with Crippen LogP contribution < -0.4 is 10.1 Å². The van der Waals surface area contributed by atoms with Gasteiger partial charge >= 0.3 is 0 Å². The number of hydrogen-bond acceptors (Lipinski definition) is 3. The van der Waals surface area contributed by atoms with E-state index in [1.165, 1.54) is 19.3 Å². The number of fused-ring (bicyclic) bond motifs is 2. The molecule has 0 radical (unpaired) electrons. The second kappa shape index (κ2) is 4.63. The van der Waals surface area contributed by atoms with Gasteiger partial charge in [-0.15, -0.1) is 0 Å². The summed E-state index contributed by atoms with van der Waals surface area (Å²) in [6.07, 6.45) is 5.74. The van der Waals surface area contributed by atoms with Crippen molar-refractivity contribution in [3.05, 3.63) is 36.3 Å². The van der Waals surface area contributed by atoms with E-state index in [1.54, 1.807) is 7.11 Å². The number of H-pyrrole nitrogens is 1. The third kappa shape index (κ3) is 1.83. The van der Waals surface area contributed by atoms with E-state index in [4.69, 9.17) is 4.74 Å². The number of ether oxygens (including phenoxy) is 1. The summed E-state index contributed by atoms with van der Waals surface area (Å²) >= 11 is 0. The maximum Gasteiger partial charge on any atom is 0.128 e. The van der Waals surface area contributed by atoms with Crippen LogP contribution in [0.1, 0.15) is 31.0 Å². The number of nitrogens with one attached hydrogen (secondary N) is 2. The Morgan fingerprint density at radius 2 is 2.15 bits per heavy atom. The van der Waals surface area contributed by atoms with Crippen LogP contribution in [0.3, 0.4) is 0 Å². The molecule has 0 saturated carbocycles. The van der Waals surface area contributed by atoms with Crippen LogP contribution in [0.15, 0.2) is 30.5 Å². The minimum absolute atomic E-state index is 0.539. The molecule has 2 aliphatic heterocycles. The Kier molecular flexibility index (Phi) is 2.77. The second-order valence-electron chi connectivity index (χ2n) is 5.77. The summed E-state index contributed by atoms with van der Waals surface area (Å²) < 4.78 is 5.42. The minimum Gasteiger partial charge on any atom is -0.496 e. The molecule has 4 heteroatoms. The van der Waals surface area contributed by atoms with Gasteiger partial charge in [-0.1, -0.05) is 12.1 Å². The molecule has 1 aromatic carbocycles. The van der Waals surface area contributed by atoms with Gasteiger partial charge in [0.05, 0.1) is 19.0 Å². The van der Waals surface area contributed by atoms with Gasteiger partial charge in [-0.05, 0) is 31.4 Å². The number of rotatable bonds is 3. The van der Waals surface area contributed by atoms with Crippen molar-refractivity contribution < 1.29 is 4.74 Å². The summed E-state index contributed by atoms with van der Waals surface area (Å²) in [7, 11) is 1.70. The van der Waals surface area contributed by atoms with Crippen LogP contribution in [0.5, 0.6) is 5.75 Å². The van der Waals surface area contributed by atoms with Crippen molar-refractivity contribution in [1.82, 2.24) is 15.3 Å². The highest BCUT2D eigenvalue weighted by Gasteiger charge is 2.41. The Morgan fingerprint density at radius 3 is 2.90 bits per heavy atom. The highest BCUT2D eigenvalue weighted by molar-refractivity contribution is 5.66. The second-order valence-corrected chi connectivity index (χ2v) is 5.77. The molecule has 104 valence electrons. The molecule has 0 aliphatic carbocycles. The molecule has 2 bridgehead atoms. The molecule has 2 aromatic rings. The van der Waals surface area contributed by atoms with Gasteiger partial charge in [0, 0.05) is 23.6 Å². The van der Waals surface area contributed by atoms with Gasteiger partial charge < -0.3 is 15.0 Å². The zero-order chi connectivity index (χ0) is 13.5.